The van der Waals surface area contributed by atoms with Gasteiger partial charge in [-0.15, -0.1) is 11.8 Å². The summed E-state index contributed by atoms with van der Waals surface area (Å²) in [6, 6.07) is -0.338. The molecule has 1 amide bonds. The van der Waals surface area contributed by atoms with E-state index in [1.807, 2.05) is 6.92 Å². The van der Waals surface area contributed by atoms with E-state index in [0.717, 1.165) is 19.4 Å². The van der Waals surface area contributed by atoms with Crippen molar-refractivity contribution >= 4 is 29.4 Å². The molecule has 3 rings (SSSR count). The minimum atomic E-state index is -0.958. The molecule has 6 heteroatoms. The van der Waals surface area contributed by atoms with Crippen LogP contribution in [0.5, 0.6) is 0 Å². The molecular weight excluding hydrogens is 372 g/mol. The van der Waals surface area contributed by atoms with Gasteiger partial charge in [-0.2, -0.15) is 0 Å². The molecule has 5 atom stereocenters. The summed E-state index contributed by atoms with van der Waals surface area (Å²) in [7, 11) is 0. The summed E-state index contributed by atoms with van der Waals surface area (Å²) in [5.41, 5.74) is 2.78. The summed E-state index contributed by atoms with van der Waals surface area (Å²) < 4.78 is 2.57. The first-order chi connectivity index (χ1) is 13.4. The highest BCUT2D eigenvalue weighted by molar-refractivity contribution is 8.00. The van der Waals surface area contributed by atoms with E-state index in [1.54, 1.807) is 11.8 Å². The van der Waals surface area contributed by atoms with E-state index in [2.05, 4.69) is 47.2 Å². The lowest BCUT2D eigenvalue weighted by Gasteiger charge is -2.24. The van der Waals surface area contributed by atoms with Crippen molar-refractivity contribution in [3.05, 3.63) is 36.0 Å². The van der Waals surface area contributed by atoms with Crippen LogP contribution < -0.4 is 5.32 Å². The van der Waals surface area contributed by atoms with Crippen molar-refractivity contribution in [2.45, 2.75) is 57.4 Å². The Labute approximate surface area is 171 Å². The first-order valence-electron chi connectivity index (χ1n) is 10.1. The fourth-order valence-electron chi connectivity index (χ4n) is 4.37. The van der Waals surface area contributed by atoms with Gasteiger partial charge in [0.25, 0.3) is 0 Å². The van der Waals surface area contributed by atoms with Gasteiger partial charge in [0.2, 0.25) is 5.91 Å². The van der Waals surface area contributed by atoms with Crippen molar-refractivity contribution in [2.24, 2.45) is 11.8 Å². The number of hydrogen-bond donors (Lipinski definition) is 2. The minimum absolute atomic E-state index is 0.291. The maximum absolute atomic E-state index is 11.4. The van der Waals surface area contributed by atoms with Gasteiger partial charge in [0.1, 0.15) is 12.6 Å². The van der Waals surface area contributed by atoms with Crippen LogP contribution in [0.25, 0.3) is 0 Å². The Hall–Kier alpha value is -1.82. The van der Waals surface area contributed by atoms with E-state index in [4.69, 9.17) is 0 Å². The van der Waals surface area contributed by atoms with Crippen molar-refractivity contribution in [3.63, 3.8) is 0 Å². The molecular formula is C22H31N2O3S+. The molecule has 152 valence electrons. The van der Waals surface area contributed by atoms with Gasteiger partial charge in [0, 0.05) is 25.0 Å². The normalized spacial score (nSPS) is 30.5. The van der Waals surface area contributed by atoms with Crippen LogP contribution in [-0.2, 0) is 9.59 Å². The summed E-state index contributed by atoms with van der Waals surface area (Å²) in [5.74, 6) is 0.549. The standard InChI is InChI=1S/C22H30N2O3S/c1-4-14(2)8-5-6-9-19-16-12-17(16)21-20(10-7-11-24(19)21)28-13-18(22(26)27)23-15(3)25/h4-6,8-9,16-20H,7,10-13H2,1-3H3,(H-,23,25,26,27)/p+1/b8-5+,9-6+,14-4+/t16-,17+,18-,19+,20?/m1/s1. The molecule has 2 N–H and O–H groups in total. The number of aliphatic carboxylic acids is 1. The van der Waals surface area contributed by atoms with Gasteiger partial charge in [0.15, 0.2) is 11.8 Å². The van der Waals surface area contributed by atoms with E-state index >= 15 is 0 Å². The summed E-state index contributed by atoms with van der Waals surface area (Å²) in [4.78, 5) is 22.7. The van der Waals surface area contributed by atoms with E-state index in [9.17, 15) is 14.7 Å². The molecule has 1 fully saturated rings. The van der Waals surface area contributed by atoms with Gasteiger partial charge in [-0.05, 0) is 32.8 Å². The monoisotopic (exact) mass is 403 g/mol. The third-order valence-corrected chi connectivity index (χ3v) is 7.32. The third-order valence-electron chi connectivity index (χ3n) is 5.92. The van der Waals surface area contributed by atoms with Crippen LogP contribution in [0.3, 0.4) is 0 Å². The van der Waals surface area contributed by atoms with Crippen molar-refractivity contribution in [1.82, 2.24) is 5.32 Å². The van der Waals surface area contributed by atoms with Gasteiger partial charge in [-0.3, -0.25) is 4.79 Å². The summed E-state index contributed by atoms with van der Waals surface area (Å²) in [6.45, 7) is 6.61. The Kier molecular flexibility index (Phi) is 6.81. The summed E-state index contributed by atoms with van der Waals surface area (Å²) in [6.07, 6.45) is 14.3. The Morgan fingerprint density at radius 2 is 2.14 bits per heavy atom. The van der Waals surface area contributed by atoms with Gasteiger partial charge < -0.3 is 10.4 Å². The molecule has 1 aliphatic carbocycles. The van der Waals surface area contributed by atoms with Crippen LogP contribution in [0.15, 0.2) is 36.0 Å². The lowest BCUT2D eigenvalue weighted by atomic mass is 10.0. The quantitative estimate of drug-likeness (QED) is 0.483. The topological polar surface area (TPSA) is 69.4 Å². The number of thioether (sulfide) groups is 1. The summed E-state index contributed by atoms with van der Waals surface area (Å²) >= 11 is 1.70. The number of carboxylic acid groups (broad SMARTS) is 1. The number of carbonyl (C=O) groups is 2. The average Bonchev–Trinajstić information content (AvgIpc) is 3.38. The zero-order valence-corrected chi connectivity index (χ0v) is 17.7. The molecule has 0 aromatic carbocycles. The van der Waals surface area contributed by atoms with Gasteiger partial charge in [0.05, 0.1) is 11.2 Å². The Balaban J connectivity index is 1.67. The van der Waals surface area contributed by atoms with Crippen LogP contribution >= 0.6 is 11.8 Å². The van der Waals surface area contributed by atoms with E-state index in [0.29, 0.717) is 28.9 Å². The van der Waals surface area contributed by atoms with Crippen LogP contribution in [0, 0.1) is 11.8 Å². The smallest absolute Gasteiger partial charge is 0.327 e. The number of nitrogens with one attached hydrogen (secondary N) is 1. The third kappa shape index (κ3) is 4.77. The fourth-order valence-corrected chi connectivity index (χ4v) is 5.84. The lowest BCUT2D eigenvalue weighted by Crippen LogP contribution is -2.43. The predicted octanol–water partition coefficient (Wildman–Crippen LogP) is 3.02. The Morgan fingerprint density at radius 1 is 1.36 bits per heavy atom. The molecule has 0 aromatic rings. The molecule has 0 spiro atoms. The van der Waals surface area contributed by atoms with Crippen molar-refractivity contribution in [1.29, 1.82) is 0 Å². The van der Waals surface area contributed by atoms with E-state index in [1.165, 1.54) is 24.6 Å². The van der Waals surface area contributed by atoms with Crippen LogP contribution in [0.1, 0.15) is 40.0 Å². The molecule has 0 aromatic heterocycles. The number of carbonyl (C=O) groups excluding carboxylic acids is 1. The average molecular weight is 404 g/mol. The Morgan fingerprint density at radius 3 is 2.82 bits per heavy atom. The van der Waals surface area contributed by atoms with Gasteiger partial charge >= 0.3 is 5.97 Å². The summed E-state index contributed by atoms with van der Waals surface area (Å²) in [5, 5.41) is 12.3. The first-order valence-corrected chi connectivity index (χ1v) is 11.2. The second-order valence-corrected chi connectivity index (χ2v) is 9.18. The number of nitrogens with zero attached hydrogens (tertiary/aromatic N) is 1. The molecule has 3 aliphatic rings. The molecule has 5 nitrogen and oxygen atoms in total. The zero-order chi connectivity index (χ0) is 20.3. The number of allylic oxidation sites excluding steroid dienone is 5. The van der Waals surface area contributed by atoms with Crippen molar-refractivity contribution in [2.75, 3.05) is 12.3 Å². The zero-order valence-electron chi connectivity index (χ0n) is 16.9. The second kappa shape index (κ2) is 9.12. The maximum atomic E-state index is 11.4. The molecule has 0 saturated heterocycles. The maximum Gasteiger partial charge on any atom is 0.327 e. The molecule has 0 radical (unpaired) electrons. The molecule has 2 heterocycles. The van der Waals surface area contributed by atoms with Gasteiger partial charge in [-0.25, -0.2) is 9.37 Å². The van der Waals surface area contributed by atoms with Crippen molar-refractivity contribution in [3.8, 4) is 0 Å². The van der Waals surface area contributed by atoms with Crippen LogP contribution in [-0.4, -0.2) is 56.9 Å². The minimum Gasteiger partial charge on any atom is -0.480 e. The number of carboxylic acids is 1. The van der Waals surface area contributed by atoms with Gasteiger partial charge in [-0.1, -0.05) is 29.9 Å². The second-order valence-electron chi connectivity index (χ2n) is 7.95. The highest BCUT2D eigenvalue weighted by Crippen LogP contribution is 2.52. The number of fused-ring (bicyclic) bond motifs is 2. The van der Waals surface area contributed by atoms with Crippen LogP contribution in [0.2, 0.25) is 0 Å². The largest absolute Gasteiger partial charge is 0.480 e. The first kappa shape index (κ1) is 20.9. The molecule has 2 aliphatic heterocycles. The fraction of sp³-hybridized carbons (Fsp3) is 0.591. The lowest BCUT2D eigenvalue weighted by molar-refractivity contribution is -0.556. The molecule has 0 bridgehead atoms. The Bertz CT molecular complexity index is 753. The molecule has 28 heavy (non-hydrogen) atoms. The highest BCUT2D eigenvalue weighted by atomic mass is 32.2. The van der Waals surface area contributed by atoms with E-state index < -0.39 is 12.0 Å². The number of hydrogen-bond acceptors (Lipinski definition) is 3. The highest BCUT2D eigenvalue weighted by Gasteiger charge is 2.61. The van der Waals surface area contributed by atoms with Crippen molar-refractivity contribution < 1.29 is 19.3 Å². The van der Waals surface area contributed by atoms with Crippen LogP contribution in [0.4, 0.5) is 0 Å². The van der Waals surface area contributed by atoms with E-state index in [-0.39, 0.29) is 5.91 Å². The molecule has 1 saturated carbocycles. The predicted molar refractivity (Wildman–Crippen MR) is 114 cm³/mol. The number of rotatable bonds is 8. The SMILES string of the molecule is C/C=C(C)/C=C/C=C/[C@H]1[C@@H]2C[C@@H]2C2=[N+]1CCCC2SC[C@@H](NC(C)=O)C(=O)O. The number of amides is 1. The molecule has 1 unspecified atom stereocenters.